The first-order valence-corrected chi connectivity index (χ1v) is 7.01. The predicted octanol–water partition coefficient (Wildman–Crippen LogP) is 4.54. The second kappa shape index (κ2) is 5.59. The predicted molar refractivity (Wildman–Crippen MR) is 79.2 cm³/mol. The van der Waals surface area contributed by atoms with E-state index in [1.807, 2.05) is 6.92 Å². The van der Waals surface area contributed by atoms with E-state index in [1.54, 1.807) is 17.4 Å². The van der Waals surface area contributed by atoms with Crippen molar-refractivity contribution in [1.29, 1.82) is 0 Å². The van der Waals surface area contributed by atoms with Gasteiger partial charge in [0.25, 0.3) is 5.69 Å². The van der Waals surface area contributed by atoms with Crippen LogP contribution in [0.3, 0.4) is 0 Å². The van der Waals surface area contributed by atoms with Crippen LogP contribution >= 0.6 is 22.9 Å². The molecular formula is C13H13ClN2O2S. The van der Waals surface area contributed by atoms with Gasteiger partial charge < -0.3 is 5.32 Å². The van der Waals surface area contributed by atoms with Crippen molar-refractivity contribution in [2.24, 2.45) is 0 Å². The van der Waals surface area contributed by atoms with E-state index >= 15 is 0 Å². The molecule has 0 radical (unpaired) electrons. The van der Waals surface area contributed by atoms with Crippen LogP contribution in [0.2, 0.25) is 5.02 Å². The average molecular weight is 297 g/mol. The molecule has 1 N–H and O–H groups in total. The molecule has 0 bridgehead atoms. The summed E-state index contributed by atoms with van der Waals surface area (Å²) in [5.41, 5.74) is 4.03. The molecule has 0 spiro atoms. The number of nitrogens with zero attached hydrogens (tertiary/aromatic N) is 1. The molecule has 1 aromatic heterocycles. The second-order valence-corrected chi connectivity index (χ2v) is 5.46. The van der Waals surface area contributed by atoms with Crippen LogP contribution in [0.4, 0.5) is 11.4 Å². The molecule has 0 aliphatic heterocycles. The number of thiophene rings is 1. The SMILES string of the molecule is Cc1cscc1CNc1cc(Cl)c([N+](=O)[O-])cc1C. The Morgan fingerprint density at radius 3 is 2.63 bits per heavy atom. The second-order valence-electron chi connectivity index (χ2n) is 4.31. The number of benzene rings is 1. The molecule has 0 fully saturated rings. The van der Waals surface area contributed by atoms with Gasteiger partial charge in [0.05, 0.1) is 4.92 Å². The van der Waals surface area contributed by atoms with E-state index in [0.29, 0.717) is 6.54 Å². The van der Waals surface area contributed by atoms with Gasteiger partial charge in [0.15, 0.2) is 0 Å². The van der Waals surface area contributed by atoms with Gasteiger partial charge in [-0.05, 0) is 47.4 Å². The maximum atomic E-state index is 10.8. The maximum Gasteiger partial charge on any atom is 0.288 e. The molecule has 1 aromatic carbocycles. The van der Waals surface area contributed by atoms with Crippen LogP contribution in [0.5, 0.6) is 0 Å². The van der Waals surface area contributed by atoms with Crippen molar-refractivity contribution >= 4 is 34.3 Å². The minimum absolute atomic E-state index is 0.0589. The number of halogens is 1. The van der Waals surface area contributed by atoms with Crippen molar-refractivity contribution in [3.8, 4) is 0 Å². The molecule has 100 valence electrons. The first-order valence-electron chi connectivity index (χ1n) is 5.69. The summed E-state index contributed by atoms with van der Waals surface area (Å²) in [7, 11) is 0. The number of rotatable bonds is 4. The molecule has 0 unspecified atom stereocenters. The molecule has 4 nitrogen and oxygen atoms in total. The Kier molecular flexibility index (Phi) is 4.07. The van der Waals surface area contributed by atoms with Crippen LogP contribution in [-0.2, 0) is 6.54 Å². The van der Waals surface area contributed by atoms with E-state index in [2.05, 4.69) is 23.0 Å². The lowest BCUT2D eigenvalue weighted by Gasteiger charge is -2.10. The maximum absolute atomic E-state index is 10.8. The lowest BCUT2D eigenvalue weighted by Crippen LogP contribution is -2.02. The number of hydrogen-bond acceptors (Lipinski definition) is 4. The summed E-state index contributed by atoms with van der Waals surface area (Å²) in [6.07, 6.45) is 0. The third kappa shape index (κ3) is 3.05. The highest BCUT2D eigenvalue weighted by atomic mass is 35.5. The van der Waals surface area contributed by atoms with Gasteiger partial charge in [-0.15, -0.1) is 0 Å². The van der Waals surface area contributed by atoms with Crippen LogP contribution in [0, 0.1) is 24.0 Å². The van der Waals surface area contributed by atoms with Gasteiger partial charge >= 0.3 is 0 Å². The summed E-state index contributed by atoms with van der Waals surface area (Å²) >= 11 is 7.57. The van der Waals surface area contributed by atoms with Crippen LogP contribution in [0.15, 0.2) is 22.9 Å². The van der Waals surface area contributed by atoms with E-state index in [1.165, 1.54) is 17.2 Å². The van der Waals surface area contributed by atoms with Crippen LogP contribution < -0.4 is 5.32 Å². The van der Waals surface area contributed by atoms with Crippen LogP contribution in [-0.4, -0.2) is 4.92 Å². The molecule has 0 saturated heterocycles. The molecule has 0 amide bonds. The van der Waals surface area contributed by atoms with Crippen molar-refractivity contribution < 1.29 is 4.92 Å². The summed E-state index contributed by atoms with van der Waals surface area (Å²) in [5, 5.41) is 18.4. The van der Waals surface area contributed by atoms with Crippen molar-refractivity contribution in [3.63, 3.8) is 0 Å². The number of nitrogens with one attached hydrogen (secondary N) is 1. The molecule has 6 heteroatoms. The minimum Gasteiger partial charge on any atom is -0.381 e. The largest absolute Gasteiger partial charge is 0.381 e. The van der Waals surface area contributed by atoms with E-state index in [0.717, 1.165) is 11.3 Å². The first kappa shape index (κ1) is 13.8. The van der Waals surface area contributed by atoms with Crippen LogP contribution in [0.25, 0.3) is 0 Å². The zero-order valence-corrected chi connectivity index (χ0v) is 12.1. The number of nitro benzene ring substituents is 1. The molecule has 0 aliphatic rings. The number of nitro groups is 1. The topological polar surface area (TPSA) is 55.2 Å². The van der Waals surface area contributed by atoms with E-state index < -0.39 is 4.92 Å². The van der Waals surface area contributed by atoms with E-state index in [9.17, 15) is 10.1 Å². The molecule has 1 heterocycles. The molecule has 19 heavy (non-hydrogen) atoms. The van der Waals surface area contributed by atoms with Crippen molar-refractivity contribution in [3.05, 3.63) is 54.7 Å². The van der Waals surface area contributed by atoms with Gasteiger partial charge in [0.1, 0.15) is 5.02 Å². The molecular weight excluding hydrogens is 284 g/mol. The zero-order chi connectivity index (χ0) is 14.0. The molecule has 0 saturated carbocycles. The summed E-state index contributed by atoms with van der Waals surface area (Å²) in [6, 6.07) is 3.10. The van der Waals surface area contributed by atoms with Gasteiger partial charge in [0.2, 0.25) is 0 Å². The number of hydrogen-bond donors (Lipinski definition) is 1. The summed E-state index contributed by atoms with van der Waals surface area (Å²) in [6.45, 7) is 4.57. The number of anilines is 1. The van der Waals surface area contributed by atoms with Gasteiger partial charge in [0, 0.05) is 18.3 Å². The summed E-state index contributed by atoms with van der Waals surface area (Å²) in [4.78, 5) is 10.3. The minimum atomic E-state index is -0.470. The van der Waals surface area contributed by atoms with Crippen molar-refractivity contribution in [2.45, 2.75) is 20.4 Å². The normalized spacial score (nSPS) is 10.5. The van der Waals surface area contributed by atoms with Gasteiger partial charge in [-0.1, -0.05) is 11.6 Å². The fourth-order valence-electron chi connectivity index (χ4n) is 1.76. The Balaban J connectivity index is 2.20. The third-order valence-corrected chi connectivity index (χ3v) is 4.13. The summed E-state index contributed by atoms with van der Waals surface area (Å²) < 4.78 is 0. The Morgan fingerprint density at radius 1 is 1.32 bits per heavy atom. The van der Waals surface area contributed by atoms with Gasteiger partial charge in [-0.3, -0.25) is 10.1 Å². The molecule has 2 aromatic rings. The van der Waals surface area contributed by atoms with Gasteiger partial charge in [-0.2, -0.15) is 11.3 Å². The Hall–Kier alpha value is -1.59. The lowest BCUT2D eigenvalue weighted by molar-refractivity contribution is -0.384. The fourth-order valence-corrected chi connectivity index (χ4v) is 2.84. The molecule has 0 aliphatic carbocycles. The highest BCUT2D eigenvalue weighted by Crippen LogP contribution is 2.31. The highest BCUT2D eigenvalue weighted by molar-refractivity contribution is 7.08. The van der Waals surface area contributed by atoms with Crippen LogP contribution in [0.1, 0.15) is 16.7 Å². The first-order chi connectivity index (χ1) is 8.99. The van der Waals surface area contributed by atoms with Gasteiger partial charge in [-0.25, -0.2) is 0 Å². The van der Waals surface area contributed by atoms with Crippen molar-refractivity contribution in [1.82, 2.24) is 0 Å². The molecule has 0 atom stereocenters. The zero-order valence-electron chi connectivity index (χ0n) is 10.6. The van der Waals surface area contributed by atoms with E-state index in [-0.39, 0.29) is 10.7 Å². The quantitative estimate of drug-likeness (QED) is 0.665. The smallest absolute Gasteiger partial charge is 0.288 e. The fraction of sp³-hybridized carbons (Fsp3) is 0.231. The summed E-state index contributed by atoms with van der Waals surface area (Å²) in [5.74, 6) is 0. The average Bonchev–Trinajstić information content (AvgIpc) is 2.75. The Labute approximate surface area is 120 Å². The lowest BCUT2D eigenvalue weighted by atomic mass is 10.1. The standard InChI is InChI=1S/C13H13ClN2O2S/c1-8-3-13(16(17)18)11(14)4-12(8)15-5-10-7-19-6-9(10)2/h3-4,6-7,15H,5H2,1-2H3. The Bertz CT molecular complexity index is 625. The monoisotopic (exact) mass is 296 g/mol. The molecule has 2 rings (SSSR count). The highest BCUT2D eigenvalue weighted by Gasteiger charge is 2.14. The third-order valence-electron chi connectivity index (χ3n) is 2.92. The number of aryl methyl sites for hydroxylation is 2. The Morgan fingerprint density at radius 2 is 2.05 bits per heavy atom. The van der Waals surface area contributed by atoms with Crippen molar-refractivity contribution in [2.75, 3.05) is 5.32 Å². The van der Waals surface area contributed by atoms with E-state index in [4.69, 9.17) is 11.6 Å².